The van der Waals surface area contributed by atoms with Gasteiger partial charge in [-0.2, -0.15) is 4.98 Å². The Kier molecular flexibility index (Phi) is 3.53. The molecule has 2 N–H and O–H groups in total. The summed E-state index contributed by atoms with van der Waals surface area (Å²) in [6.45, 7) is 5.64. The number of anilines is 2. The molecule has 1 aromatic carbocycles. The molecule has 0 amide bonds. The fourth-order valence-electron chi connectivity index (χ4n) is 2.89. The Morgan fingerprint density at radius 2 is 2.15 bits per heavy atom. The Morgan fingerprint density at radius 1 is 1.40 bits per heavy atom. The van der Waals surface area contributed by atoms with Crippen molar-refractivity contribution in [2.75, 3.05) is 37.3 Å². The summed E-state index contributed by atoms with van der Waals surface area (Å²) in [4.78, 5) is 9.19. The van der Waals surface area contributed by atoms with Gasteiger partial charge in [0.25, 0.3) is 6.01 Å². The van der Waals surface area contributed by atoms with E-state index < -0.39 is 0 Å². The summed E-state index contributed by atoms with van der Waals surface area (Å²) >= 11 is 0. The summed E-state index contributed by atoms with van der Waals surface area (Å²) in [5.41, 5.74) is 8.14. The number of piperidine rings is 1. The van der Waals surface area contributed by atoms with Crippen LogP contribution in [-0.2, 0) is 0 Å². The van der Waals surface area contributed by atoms with E-state index in [4.69, 9.17) is 10.2 Å². The number of nitrogens with zero attached hydrogens (tertiary/aromatic N) is 3. The molecule has 0 spiro atoms. The van der Waals surface area contributed by atoms with Crippen molar-refractivity contribution in [1.82, 2.24) is 9.88 Å². The minimum absolute atomic E-state index is 0.493. The van der Waals surface area contributed by atoms with Crippen molar-refractivity contribution in [3.63, 3.8) is 0 Å². The molecule has 0 radical (unpaired) electrons. The van der Waals surface area contributed by atoms with Gasteiger partial charge in [-0.25, -0.2) is 0 Å². The van der Waals surface area contributed by atoms with E-state index in [1.54, 1.807) is 0 Å². The van der Waals surface area contributed by atoms with Crippen LogP contribution in [0.25, 0.3) is 11.1 Å². The second-order valence-corrected chi connectivity index (χ2v) is 5.47. The molecule has 1 aliphatic rings. The zero-order valence-corrected chi connectivity index (χ0v) is 12.2. The van der Waals surface area contributed by atoms with E-state index >= 15 is 0 Å². The topological polar surface area (TPSA) is 58.5 Å². The summed E-state index contributed by atoms with van der Waals surface area (Å²) in [7, 11) is 2.06. The number of nitrogens with two attached hydrogens (primary N) is 1. The third-order valence-electron chi connectivity index (χ3n) is 4.29. The Morgan fingerprint density at radius 3 is 2.80 bits per heavy atom. The zero-order chi connectivity index (χ0) is 14.1. The molecule has 1 aliphatic heterocycles. The van der Waals surface area contributed by atoms with E-state index in [2.05, 4.69) is 28.8 Å². The Bertz CT molecular complexity index is 587. The lowest BCUT2D eigenvalue weighted by molar-refractivity contribution is 0.218. The van der Waals surface area contributed by atoms with Crippen LogP contribution in [0.1, 0.15) is 19.8 Å². The van der Waals surface area contributed by atoms with Crippen LogP contribution in [0.2, 0.25) is 0 Å². The zero-order valence-electron chi connectivity index (χ0n) is 12.2. The van der Waals surface area contributed by atoms with Gasteiger partial charge in [0.05, 0.1) is 5.69 Å². The van der Waals surface area contributed by atoms with Crippen LogP contribution in [0, 0.1) is 0 Å². The number of benzene rings is 1. The van der Waals surface area contributed by atoms with Crippen molar-refractivity contribution in [1.29, 1.82) is 0 Å². The smallest absolute Gasteiger partial charge is 0.298 e. The molecule has 2 heterocycles. The molecule has 20 heavy (non-hydrogen) atoms. The Labute approximate surface area is 119 Å². The fraction of sp³-hybridized carbons (Fsp3) is 0.533. The monoisotopic (exact) mass is 274 g/mol. The number of rotatable bonds is 3. The highest BCUT2D eigenvalue weighted by atomic mass is 16.4. The number of fused-ring (bicyclic) bond motifs is 1. The maximum Gasteiger partial charge on any atom is 0.298 e. The normalized spacial score (nSPS) is 17.7. The van der Waals surface area contributed by atoms with E-state index in [-0.39, 0.29) is 0 Å². The molecule has 0 atom stereocenters. The average molecular weight is 274 g/mol. The molecule has 3 rings (SSSR count). The standard InChI is InChI=1S/C15H22N4O/c1-3-19-9-7-11(8-10-19)18(2)15-17-14-12(16)5-4-6-13(14)20-15/h4-6,11H,3,7-10,16H2,1-2H3. The molecule has 0 unspecified atom stereocenters. The van der Waals surface area contributed by atoms with Gasteiger partial charge in [-0.3, -0.25) is 0 Å². The summed E-state index contributed by atoms with van der Waals surface area (Å²) < 4.78 is 5.84. The maximum atomic E-state index is 5.94. The van der Waals surface area contributed by atoms with Crippen LogP contribution in [0.4, 0.5) is 11.7 Å². The molecule has 5 nitrogen and oxygen atoms in total. The van der Waals surface area contributed by atoms with Crippen LogP contribution >= 0.6 is 0 Å². The van der Waals surface area contributed by atoms with E-state index in [1.807, 2.05) is 18.2 Å². The highest BCUT2D eigenvalue weighted by molar-refractivity contribution is 5.86. The van der Waals surface area contributed by atoms with Gasteiger partial charge in [-0.05, 0) is 31.5 Å². The van der Waals surface area contributed by atoms with Crippen LogP contribution in [0.3, 0.4) is 0 Å². The fourth-order valence-corrected chi connectivity index (χ4v) is 2.89. The molecular weight excluding hydrogens is 252 g/mol. The quantitative estimate of drug-likeness (QED) is 0.871. The van der Waals surface area contributed by atoms with Gasteiger partial charge in [0.1, 0.15) is 5.52 Å². The van der Waals surface area contributed by atoms with Crippen molar-refractivity contribution in [3.8, 4) is 0 Å². The predicted molar refractivity (Wildman–Crippen MR) is 82.0 cm³/mol. The van der Waals surface area contributed by atoms with Gasteiger partial charge in [-0.15, -0.1) is 0 Å². The number of hydrogen-bond donors (Lipinski definition) is 1. The predicted octanol–water partition coefficient (Wildman–Crippen LogP) is 2.33. The van der Waals surface area contributed by atoms with E-state index in [0.29, 0.717) is 17.7 Å². The number of aromatic nitrogens is 1. The minimum atomic E-state index is 0.493. The van der Waals surface area contributed by atoms with Gasteiger partial charge in [0.2, 0.25) is 0 Å². The van der Waals surface area contributed by atoms with Gasteiger partial charge in [0, 0.05) is 26.2 Å². The highest BCUT2D eigenvalue weighted by Gasteiger charge is 2.24. The SMILES string of the molecule is CCN1CCC(N(C)c2nc3c(N)cccc3o2)CC1. The largest absolute Gasteiger partial charge is 0.423 e. The summed E-state index contributed by atoms with van der Waals surface area (Å²) in [6, 6.07) is 6.83. The number of para-hydroxylation sites is 1. The summed E-state index contributed by atoms with van der Waals surface area (Å²) in [5.74, 6) is 0. The number of likely N-dealkylation sites (tertiary alicyclic amines) is 1. The molecule has 1 aromatic heterocycles. The lowest BCUT2D eigenvalue weighted by Crippen LogP contribution is -2.43. The first-order valence-corrected chi connectivity index (χ1v) is 7.29. The summed E-state index contributed by atoms with van der Waals surface area (Å²) in [5, 5.41) is 0. The van der Waals surface area contributed by atoms with Gasteiger partial charge in [0.15, 0.2) is 5.58 Å². The molecule has 1 saturated heterocycles. The van der Waals surface area contributed by atoms with Crippen molar-refractivity contribution in [3.05, 3.63) is 18.2 Å². The molecular formula is C15H22N4O. The van der Waals surface area contributed by atoms with Crippen LogP contribution in [-0.4, -0.2) is 42.6 Å². The maximum absolute atomic E-state index is 5.94. The average Bonchev–Trinajstić information content (AvgIpc) is 2.92. The summed E-state index contributed by atoms with van der Waals surface area (Å²) in [6.07, 6.45) is 2.30. The van der Waals surface area contributed by atoms with Gasteiger partial charge < -0.3 is 20.0 Å². The number of oxazole rings is 1. The van der Waals surface area contributed by atoms with Crippen LogP contribution < -0.4 is 10.6 Å². The second kappa shape index (κ2) is 5.32. The van der Waals surface area contributed by atoms with E-state index in [9.17, 15) is 0 Å². The molecule has 0 bridgehead atoms. The van der Waals surface area contributed by atoms with Crippen molar-refractivity contribution in [2.45, 2.75) is 25.8 Å². The van der Waals surface area contributed by atoms with Gasteiger partial charge in [-0.1, -0.05) is 13.0 Å². The van der Waals surface area contributed by atoms with Gasteiger partial charge >= 0.3 is 0 Å². The third-order valence-corrected chi connectivity index (χ3v) is 4.29. The highest BCUT2D eigenvalue weighted by Crippen LogP contribution is 2.28. The molecule has 1 fully saturated rings. The lowest BCUT2D eigenvalue weighted by Gasteiger charge is -2.35. The molecule has 2 aromatic rings. The minimum Gasteiger partial charge on any atom is -0.423 e. The molecule has 5 heteroatoms. The van der Waals surface area contributed by atoms with Crippen LogP contribution in [0.5, 0.6) is 0 Å². The van der Waals surface area contributed by atoms with Crippen LogP contribution in [0.15, 0.2) is 22.6 Å². The first-order chi connectivity index (χ1) is 9.69. The molecule has 0 aliphatic carbocycles. The Hall–Kier alpha value is -1.75. The van der Waals surface area contributed by atoms with Crippen molar-refractivity contribution >= 4 is 22.8 Å². The first kappa shape index (κ1) is 13.2. The molecule has 108 valence electrons. The molecule has 0 saturated carbocycles. The van der Waals surface area contributed by atoms with E-state index in [0.717, 1.165) is 43.6 Å². The number of hydrogen-bond acceptors (Lipinski definition) is 5. The van der Waals surface area contributed by atoms with E-state index in [1.165, 1.54) is 0 Å². The lowest BCUT2D eigenvalue weighted by atomic mass is 10.0. The third kappa shape index (κ3) is 2.33. The van der Waals surface area contributed by atoms with Crippen molar-refractivity contribution < 1.29 is 4.42 Å². The van der Waals surface area contributed by atoms with Crippen molar-refractivity contribution in [2.24, 2.45) is 0 Å². The number of nitrogen functional groups attached to an aromatic ring is 1. The first-order valence-electron chi connectivity index (χ1n) is 7.29. The Balaban J connectivity index is 1.79. The second-order valence-electron chi connectivity index (χ2n) is 5.47.